The zero-order valence-corrected chi connectivity index (χ0v) is 13.4. The van der Waals surface area contributed by atoms with Crippen molar-refractivity contribution in [1.82, 2.24) is 14.4 Å². The summed E-state index contributed by atoms with van der Waals surface area (Å²) in [7, 11) is -1.72. The molecule has 8 heteroatoms. The molecule has 2 rings (SSSR count). The first-order chi connectivity index (χ1) is 9.79. The predicted octanol–water partition coefficient (Wildman–Crippen LogP) is 0.756. The molecular formula is C13H21N3O4S. The Morgan fingerprint density at radius 3 is 2.81 bits per heavy atom. The molecule has 0 aromatic carbocycles. The lowest BCUT2D eigenvalue weighted by Gasteiger charge is -2.34. The van der Waals surface area contributed by atoms with Crippen molar-refractivity contribution in [2.24, 2.45) is 0 Å². The molecule has 1 atom stereocenters. The van der Waals surface area contributed by atoms with Crippen LogP contribution in [0.2, 0.25) is 0 Å². The molecule has 0 aliphatic carbocycles. The molecule has 1 aromatic heterocycles. The summed E-state index contributed by atoms with van der Waals surface area (Å²) in [6.07, 6.45) is 3.37. The van der Waals surface area contributed by atoms with Crippen LogP contribution in [0.5, 0.6) is 0 Å². The van der Waals surface area contributed by atoms with E-state index in [9.17, 15) is 13.2 Å². The average molecular weight is 315 g/mol. The highest BCUT2D eigenvalue weighted by atomic mass is 32.2. The van der Waals surface area contributed by atoms with Gasteiger partial charge in [-0.2, -0.15) is 4.31 Å². The van der Waals surface area contributed by atoms with Gasteiger partial charge in [0.15, 0.2) is 0 Å². The SMILES string of the molecule is Cc1cc(CN(C)C(=O)[C@H]2CCCCN2S(C)(=O)=O)no1. The Morgan fingerprint density at radius 2 is 2.24 bits per heavy atom. The molecule has 1 fully saturated rings. The molecule has 0 N–H and O–H groups in total. The lowest BCUT2D eigenvalue weighted by atomic mass is 10.0. The smallest absolute Gasteiger partial charge is 0.241 e. The fourth-order valence-electron chi connectivity index (χ4n) is 2.62. The van der Waals surface area contributed by atoms with Gasteiger partial charge in [-0.15, -0.1) is 0 Å². The van der Waals surface area contributed by atoms with Crippen molar-refractivity contribution < 1.29 is 17.7 Å². The number of hydrogen-bond donors (Lipinski definition) is 0. The van der Waals surface area contributed by atoms with E-state index in [4.69, 9.17) is 4.52 Å². The van der Waals surface area contributed by atoms with Gasteiger partial charge < -0.3 is 9.42 Å². The van der Waals surface area contributed by atoms with E-state index in [1.54, 1.807) is 20.0 Å². The summed E-state index contributed by atoms with van der Waals surface area (Å²) >= 11 is 0. The number of aromatic nitrogens is 1. The van der Waals surface area contributed by atoms with Crippen LogP contribution in [0.25, 0.3) is 0 Å². The number of aryl methyl sites for hydroxylation is 1. The van der Waals surface area contributed by atoms with Crippen LogP contribution >= 0.6 is 0 Å². The summed E-state index contributed by atoms with van der Waals surface area (Å²) < 4.78 is 29.9. The lowest BCUT2D eigenvalue weighted by Crippen LogP contribution is -2.51. The standard InChI is InChI=1S/C13H21N3O4S/c1-10-8-11(14-20-10)9-15(2)13(17)12-6-4-5-7-16(12)21(3,18)19/h8,12H,4-7,9H2,1-3H3/t12-/m1/s1. The number of sulfonamides is 1. The second-order valence-electron chi connectivity index (χ2n) is 5.51. The van der Waals surface area contributed by atoms with E-state index in [0.29, 0.717) is 31.0 Å². The van der Waals surface area contributed by atoms with Crippen molar-refractivity contribution in [3.8, 4) is 0 Å². The molecule has 0 unspecified atom stereocenters. The summed E-state index contributed by atoms with van der Waals surface area (Å²) in [6.45, 7) is 2.50. The fourth-order valence-corrected chi connectivity index (χ4v) is 3.74. The lowest BCUT2D eigenvalue weighted by molar-refractivity contribution is -0.135. The van der Waals surface area contributed by atoms with Crippen LogP contribution in [0.3, 0.4) is 0 Å². The number of nitrogens with zero attached hydrogens (tertiary/aromatic N) is 3. The maximum absolute atomic E-state index is 12.5. The van der Waals surface area contributed by atoms with Crippen molar-refractivity contribution in [2.75, 3.05) is 19.8 Å². The third-order valence-corrected chi connectivity index (χ3v) is 4.91. The Bertz CT molecular complexity index is 611. The van der Waals surface area contributed by atoms with Gasteiger partial charge >= 0.3 is 0 Å². The molecule has 21 heavy (non-hydrogen) atoms. The number of rotatable bonds is 4. The van der Waals surface area contributed by atoms with Crippen LogP contribution in [0.4, 0.5) is 0 Å². The average Bonchev–Trinajstić information content (AvgIpc) is 2.82. The molecular weight excluding hydrogens is 294 g/mol. The van der Waals surface area contributed by atoms with Crippen molar-refractivity contribution in [3.05, 3.63) is 17.5 Å². The van der Waals surface area contributed by atoms with Crippen LogP contribution in [0, 0.1) is 6.92 Å². The number of carbonyl (C=O) groups is 1. The molecule has 0 saturated carbocycles. The molecule has 1 aliphatic heterocycles. The largest absolute Gasteiger partial charge is 0.361 e. The van der Waals surface area contributed by atoms with Crippen LogP contribution in [-0.2, 0) is 21.4 Å². The summed E-state index contributed by atoms with van der Waals surface area (Å²) in [5.41, 5.74) is 0.657. The summed E-state index contributed by atoms with van der Waals surface area (Å²) in [4.78, 5) is 14.0. The molecule has 118 valence electrons. The molecule has 2 heterocycles. The molecule has 0 spiro atoms. The molecule has 1 aliphatic rings. The topological polar surface area (TPSA) is 83.7 Å². The van der Waals surface area contributed by atoms with E-state index >= 15 is 0 Å². The molecule has 1 amide bonds. The number of piperidine rings is 1. The zero-order chi connectivity index (χ0) is 15.6. The van der Waals surface area contributed by atoms with Crippen molar-refractivity contribution in [3.63, 3.8) is 0 Å². The predicted molar refractivity (Wildman–Crippen MR) is 76.9 cm³/mol. The van der Waals surface area contributed by atoms with E-state index in [-0.39, 0.29) is 5.91 Å². The Balaban J connectivity index is 2.09. The molecule has 1 aromatic rings. The van der Waals surface area contributed by atoms with E-state index < -0.39 is 16.1 Å². The minimum absolute atomic E-state index is 0.194. The van der Waals surface area contributed by atoms with E-state index in [1.165, 1.54) is 9.21 Å². The maximum Gasteiger partial charge on any atom is 0.241 e. The Kier molecular flexibility index (Phi) is 4.67. The van der Waals surface area contributed by atoms with Gasteiger partial charge in [-0.3, -0.25) is 4.79 Å². The first kappa shape index (κ1) is 16.0. The third-order valence-electron chi connectivity index (χ3n) is 3.62. The van der Waals surface area contributed by atoms with Gasteiger partial charge in [-0.25, -0.2) is 8.42 Å². The number of hydrogen-bond acceptors (Lipinski definition) is 5. The van der Waals surface area contributed by atoms with Crippen LogP contribution in [-0.4, -0.2) is 54.6 Å². The molecule has 1 saturated heterocycles. The monoisotopic (exact) mass is 315 g/mol. The Morgan fingerprint density at radius 1 is 1.52 bits per heavy atom. The van der Waals surface area contributed by atoms with Gasteiger partial charge in [0.1, 0.15) is 17.5 Å². The highest BCUT2D eigenvalue weighted by Gasteiger charge is 2.36. The van der Waals surface area contributed by atoms with Crippen LogP contribution in [0.1, 0.15) is 30.7 Å². The minimum Gasteiger partial charge on any atom is -0.361 e. The summed E-state index contributed by atoms with van der Waals surface area (Å²) in [5.74, 6) is 0.488. The van der Waals surface area contributed by atoms with E-state index in [1.807, 2.05) is 0 Å². The highest BCUT2D eigenvalue weighted by Crippen LogP contribution is 2.22. The number of carbonyl (C=O) groups excluding carboxylic acids is 1. The Labute approximate surface area is 124 Å². The van der Waals surface area contributed by atoms with Crippen molar-refractivity contribution in [2.45, 2.75) is 38.8 Å². The fraction of sp³-hybridized carbons (Fsp3) is 0.692. The molecule has 7 nitrogen and oxygen atoms in total. The first-order valence-electron chi connectivity index (χ1n) is 6.93. The van der Waals surface area contributed by atoms with Gasteiger partial charge in [0.2, 0.25) is 15.9 Å². The van der Waals surface area contributed by atoms with Crippen molar-refractivity contribution >= 4 is 15.9 Å². The normalized spacial score (nSPS) is 20.4. The highest BCUT2D eigenvalue weighted by molar-refractivity contribution is 7.88. The van der Waals surface area contributed by atoms with Gasteiger partial charge in [0.25, 0.3) is 0 Å². The summed E-state index contributed by atoms with van der Waals surface area (Å²) in [6, 6.07) is 1.16. The molecule has 0 radical (unpaired) electrons. The third kappa shape index (κ3) is 3.82. The maximum atomic E-state index is 12.5. The van der Waals surface area contributed by atoms with Gasteiger partial charge in [0, 0.05) is 19.7 Å². The van der Waals surface area contributed by atoms with Gasteiger partial charge in [-0.05, 0) is 19.8 Å². The van der Waals surface area contributed by atoms with Crippen molar-refractivity contribution in [1.29, 1.82) is 0 Å². The number of amides is 1. The second kappa shape index (κ2) is 6.15. The number of likely N-dealkylation sites (N-methyl/N-ethyl adjacent to an activating group) is 1. The van der Waals surface area contributed by atoms with Crippen LogP contribution in [0.15, 0.2) is 10.6 Å². The quantitative estimate of drug-likeness (QED) is 0.819. The minimum atomic E-state index is -3.37. The second-order valence-corrected chi connectivity index (χ2v) is 7.44. The molecule has 0 bridgehead atoms. The van der Waals surface area contributed by atoms with Crippen LogP contribution < -0.4 is 0 Å². The summed E-state index contributed by atoms with van der Waals surface area (Å²) in [5, 5.41) is 3.85. The van der Waals surface area contributed by atoms with E-state index in [2.05, 4.69) is 5.16 Å². The van der Waals surface area contributed by atoms with E-state index in [0.717, 1.165) is 19.1 Å². The van der Waals surface area contributed by atoms with Gasteiger partial charge in [-0.1, -0.05) is 11.6 Å². The van der Waals surface area contributed by atoms with Gasteiger partial charge in [0.05, 0.1) is 12.8 Å². The Hall–Kier alpha value is -1.41. The zero-order valence-electron chi connectivity index (χ0n) is 12.6. The first-order valence-corrected chi connectivity index (χ1v) is 8.78.